The molecule has 2 heteroatoms. The standard InChI is InChI=1S/C12H19NS/c1-11(13-2)7-6-10-14-12-8-4-3-5-9-12/h3-5,8-9,11,13H,6-7,10H2,1-2H3. The number of hydrogen-bond acceptors (Lipinski definition) is 2. The topological polar surface area (TPSA) is 12.0 Å². The molecule has 0 spiro atoms. The summed E-state index contributed by atoms with van der Waals surface area (Å²) in [7, 11) is 2.02. The van der Waals surface area contributed by atoms with Crippen LogP contribution in [0.1, 0.15) is 19.8 Å². The second-order valence-electron chi connectivity index (χ2n) is 3.49. The number of hydrogen-bond donors (Lipinski definition) is 1. The third-order valence-corrected chi connectivity index (χ3v) is 3.38. The van der Waals surface area contributed by atoms with E-state index in [0.29, 0.717) is 6.04 Å². The molecule has 1 rings (SSSR count). The van der Waals surface area contributed by atoms with Gasteiger partial charge in [-0.05, 0) is 44.7 Å². The van der Waals surface area contributed by atoms with E-state index in [0.717, 1.165) is 0 Å². The lowest BCUT2D eigenvalue weighted by Gasteiger charge is -2.08. The van der Waals surface area contributed by atoms with E-state index in [1.54, 1.807) is 0 Å². The smallest absolute Gasteiger partial charge is 0.00719 e. The first-order valence-corrected chi connectivity index (χ1v) is 6.16. The molecule has 1 unspecified atom stereocenters. The Morgan fingerprint density at radius 2 is 2.00 bits per heavy atom. The van der Waals surface area contributed by atoms with E-state index >= 15 is 0 Å². The third kappa shape index (κ3) is 4.68. The summed E-state index contributed by atoms with van der Waals surface area (Å²) in [4.78, 5) is 1.38. The molecule has 14 heavy (non-hydrogen) atoms. The molecule has 0 heterocycles. The van der Waals surface area contributed by atoms with Gasteiger partial charge in [0.1, 0.15) is 0 Å². The average molecular weight is 209 g/mol. The van der Waals surface area contributed by atoms with Gasteiger partial charge in [-0.3, -0.25) is 0 Å². The van der Waals surface area contributed by atoms with Gasteiger partial charge in [-0.1, -0.05) is 18.2 Å². The van der Waals surface area contributed by atoms with Crippen molar-refractivity contribution >= 4 is 11.8 Å². The van der Waals surface area contributed by atoms with Crippen LogP contribution < -0.4 is 5.32 Å². The van der Waals surface area contributed by atoms with Gasteiger partial charge in [0.05, 0.1) is 0 Å². The molecule has 0 fully saturated rings. The molecule has 1 atom stereocenters. The van der Waals surface area contributed by atoms with Gasteiger partial charge in [0.15, 0.2) is 0 Å². The van der Waals surface area contributed by atoms with Crippen LogP contribution in [0.25, 0.3) is 0 Å². The van der Waals surface area contributed by atoms with E-state index in [2.05, 4.69) is 42.6 Å². The lowest BCUT2D eigenvalue weighted by atomic mass is 10.2. The highest BCUT2D eigenvalue weighted by Gasteiger charge is 1.97. The number of benzene rings is 1. The van der Waals surface area contributed by atoms with Gasteiger partial charge < -0.3 is 5.32 Å². The van der Waals surface area contributed by atoms with Crippen LogP contribution in [-0.2, 0) is 0 Å². The molecule has 1 nitrogen and oxygen atoms in total. The van der Waals surface area contributed by atoms with Crippen molar-refractivity contribution in [3.63, 3.8) is 0 Å². The molecule has 1 aromatic rings. The summed E-state index contributed by atoms with van der Waals surface area (Å²) >= 11 is 1.95. The largest absolute Gasteiger partial charge is 0.317 e. The maximum atomic E-state index is 3.25. The van der Waals surface area contributed by atoms with E-state index in [-0.39, 0.29) is 0 Å². The van der Waals surface area contributed by atoms with Crippen molar-refractivity contribution in [2.75, 3.05) is 12.8 Å². The second kappa shape index (κ2) is 6.91. The minimum atomic E-state index is 0.645. The highest BCUT2D eigenvalue weighted by molar-refractivity contribution is 7.99. The molecule has 1 aromatic carbocycles. The Hall–Kier alpha value is -0.470. The van der Waals surface area contributed by atoms with Gasteiger partial charge in [0.25, 0.3) is 0 Å². The Morgan fingerprint density at radius 1 is 1.29 bits per heavy atom. The summed E-state index contributed by atoms with van der Waals surface area (Å²) in [5, 5.41) is 3.25. The van der Waals surface area contributed by atoms with Crippen LogP contribution in [0.15, 0.2) is 35.2 Å². The molecule has 0 amide bonds. The number of nitrogens with one attached hydrogen (secondary N) is 1. The van der Waals surface area contributed by atoms with Crippen LogP contribution in [0.3, 0.4) is 0 Å². The Balaban J connectivity index is 2.10. The van der Waals surface area contributed by atoms with Gasteiger partial charge in [-0.2, -0.15) is 0 Å². The lowest BCUT2D eigenvalue weighted by molar-refractivity contribution is 0.559. The predicted molar refractivity (Wildman–Crippen MR) is 64.9 cm³/mol. The zero-order valence-electron chi connectivity index (χ0n) is 8.99. The molecule has 0 aliphatic heterocycles. The van der Waals surface area contributed by atoms with Gasteiger partial charge >= 0.3 is 0 Å². The molecule has 0 radical (unpaired) electrons. The monoisotopic (exact) mass is 209 g/mol. The van der Waals surface area contributed by atoms with Crippen molar-refractivity contribution in [1.29, 1.82) is 0 Å². The second-order valence-corrected chi connectivity index (χ2v) is 4.66. The summed E-state index contributed by atoms with van der Waals surface area (Å²) in [6.07, 6.45) is 2.54. The van der Waals surface area contributed by atoms with Crippen molar-refractivity contribution in [3.8, 4) is 0 Å². The van der Waals surface area contributed by atoms with Crippen LogP contribution in [0.4, 0.5) is 0 Å². The Labute approximate surface area is 91.3 Å². The van der Waals surface area contributed by atoms with Gasteiger partial charge in [-0.15, -0.1) is 11.8 Å². The van der Waals surface area contributed by atoms with Crippen LogP contribution in [0.5, 0.6) is 0 Å². The molecule has 0 saturated heterocycles. The first-order chi connectivity index (χ1) is 6.83. The van der Waals surface area contributed by atoms with E-state index in [4.69, 9.17) is 0 Å². The Bertz CT molecular complexity index is 235. The van der Waals surface area contributed by atoms with Crippen molar-refractivity contribution in [2.24, 2.45) is 0 Å². The fourth-order valence-electron chi connectivity index (χ4n) is 1.24. The predicted octanol–water partition coefficient (Wildman–Crippen LogP) is 3.17. The maximum Gasteiger partial charge on any atom is 0.00719 e. The molecule has 78 valence electrons. The molecular formula is C12H19NS. The van der Waals surface area contributed by atoms with Crippen LogP contribution >= 0.6 is 11.8 Å². The fourth-order valence-corrected chi connectivity index (χ4v) is 2.14. The quantitative estimate of drug-likeness (QED) is 0.570. The minimum absolute atomic E-state index is 0.645. The zero-order chi connectivity index (χ0) is 10.2. The fraction of sp³-hybridized carbons (Fsp3) is 0.500. The van der Waals surface area contributed by atoms with Gasteiger partial charge in [0.2, 0.25) is 0 Å². The van der Waals surface area contributed by atoms with Crippen molar-refractivity contribution in [2.45, 2.75) is 30.7 Å². The van der Waals surface area contributed by atoms with E-state index in [1.807, 2.05) is 18.8 Å². The number of thioether (sulfide) groups is 1. The third-order valence-electron chi connectivity index (χ3n) is 2.29. The van der Waals surface area contributed by atoms with Gasteiger partial charge in [-0.25, -0.2) is 0 Å². The molecule has 0 aliphatic rings. The van der Waals surface area contributed by atoms with Crippen molar-refractivity contribution in [3.05, 3.63) is 30.3 Å². The highest BCUT2D eigenvalue weighted by atomic mass is 32.2. The Morgan fingerprint density at radius 3 is 2.64 bits per heavy atom. The molecule has 0 aromatic heterocycles. The molecule has 0 bridgehead atoms. The number of rotatable bonds is 6. The van der Waals surface area contributed by atoms with E-state index < -0.39 is 0 Å². The zero-order valence-corrected chi connectivity index (χ0v) is 9.81. The van der Waals surface area contributed by atoms with Crippen molar-refractivity contribution < 1.29 is 0 Å². The summed E-state index contributed by atoms with van der Waals surface area (Å²) in [6.45, 7) is 2.23. The first kappa shape index (κ1) is 11.6. The van der Waals surface area contributed by atoms with E-state index in [1.165, 1.54) is 23.5 Å². The maximum absolute atomic E-state index is 3.25. The molecule has 0 saturated carbocycles. The lowest BCUT2D eigenvalue weighted by Crippen LogP contribution is -2.20. The summed E-state index contributed by atoms with van der Waals surface area (Å²) in [5.74, 6) is 1.22. The molecule has 0 aliphatic carbocycles. The van der Waals surface area contributed by atoms with Crippen LogP contribution in [0, 0.1) is 0 Å². The molecular weight excluding hydrogens is 190 g/mol. The normalized spacial score (nSPS) is 12.7. The highest BCUT2D eigenvalue weighted by Crippen LogP contribution is 2.18. The van der Waals surface area contributed by atoms with Crippen LogP contribution in [-0.4, -0.2) is 18.8 Å². The van der Waals surface area contributed by atoms with Crippen molar-refractivity contribution in [1.82, 2.24) is 5.32 Å². The SMILES string of the molecule is CNC(C)CCCSc1ccccc1. The Kier molecular flexibility index (Phi) is 5.72. The van der Waals surface area contributed by atoms with Crippen LogP contribution in [0.2, 0.25) is 0 Å². The van der Waals surface area contributed by atoms with Gasteiger partial charge in [0, 0.05) is 10.9 Å². The van der Waals surface area contributed by atoms with E-state index in [9.17, 15) is 0 Å². The first-order valence-electron chi connectivity index (χ1n) is 5.18. The minimum Gasteiger partial charge on any atom is -0.317 e. The molecule has 1 N–H and O–H groups in total. The summed E-state index contributed by atoms with van der Waals surface area (Å²) < 4.78 is 0. The average Bonchev–Trinajstić information content (AvgIpc) is 2.25. The summed E-state index contributed by atoms with van der Waals surface area (Å²) in [5.41, 5.74) is 0. The summed E-state index contributed by atoms with van der Waals surface area (Å²) in [6, 6.07) is 11.2.